The Bertz CT molecular complexity index is 619. The topological polar surface area (TPSA) is 42.4 Å². The van der Waals surface area contributed by atoms with Gasteiger partial charge in [0.05, 0.1) is 6.54 Å². The smallest absolute Gasteiger partial charge is 0.118 e. The Morgan fingerprint density at radius 3 is 2.50 bits per heavy atom. The zero-order chi connectivity index (χ0) is 14.7. The minimum Gasteiger partial charge on any atom is -0.465 e. The molecule has 1 aromatic heterocycles. The van der Waals surface area contributed by atoms with Crippen molar-refractivity contribution in [2.24, 2.45) is 5.73 Å². The maximum absolute atomic E-state index is 5.65. The number of thiocarbonyl (C=S) groups is 1. The quantitative estimate of drug-likeness (QED) is 0.858. The van der Waals surface area contributed by atoms with Crippen LogP contribution in [0.15, 0.2) is 34.7 Å². The van der Waals surface area contributed by atoms with E-state index in [9.17, 15) is 0 Å². The Morgan fingerprint density at radius 2 is 1.95 bits per heavy atom. The molecule has 0 amide bonds. The first-order chi connectivity index (χ1) is 9.45. The van der Waals surface area contributed by atoms with E-state index in [2.05, 4.69) is 24.9 Å². The third-order valence-electron chi connectivity index (χ3n) is 3.29. The van der Waals surface area contributed by atoms with Gasteiger partial charge in [-0.25, -0.2) is 0 Å². The third-order valence-corrected chi connectivity index (χ3v) is 3.52. The van der Waals surface area contributed by atoms with Gasteiger partial charge < -0.3 is 10.2 Å². The number of hydrogen-bond donors (Lipinski definition) is 1. The highest BCUT2D eigenvalue weighted by Gasteiger charge is 2.08. The monoisotopic (exact) mass is 288 g/mol. The lowest BCUT2D eigenvalue weighted by Crippen LogP contribution is -2.18. The maximum atomic E-state index is 5.65. The molecule has 2 N–H and O–H groups in total. The Balaban J connectivity index is 2.04. The lowest BCUT2D eigenvalue weighted by atomic mass is 10.0. The lowest BCUT2D eigenvalue weighted by molar-refractivity contribution is 0.285. The average Bonchev–Trinajstić information content (AvgIpc) is 2.77. The average molecular weight is 288 g/mol. The van der Waals surface area contributed by atoms with Crippen LogP contribution in [0, 0.1) is 13.8 Å². The molecule has 0 aliphatic heterocycles. The van der Waals surface area contributed by atoms with Gasteiger partial charge in [0.25, 0.3) is 0 Å². The van der Waals surface area contributed by atoms with Crippen LogP contribution in [0.4, 0.5) is 0 Å². The highest BCUT2D eigenvalue weighted by atomic mass is 32.1. The summed E-state index contributed by atoms with van der Waals surface area (Å²) in [5.74, 6) is 1.94. The molecule has 0 fully saturated rings. The van der Waals surface area contributed by atoms with Gasteiger partial charge in [-0.2, -0.15) is 0 Å². The van der Waals surface area contributed by atoms with E-state index < -0.39 is 0 Å². The fourth-order valence-corrected chi connectivity index (χ4v) is 2.34. The number of furan rings is 1. The van der Waals surface area contributed by atoms with E-state index >= 15 is 0 Å². The fraction of sp³-hybridized carbons (Fsp3) is 0.312. The summed E-state index contributed by atoms with van der Waals surface area (Å²) in [6.07, 6.45) is 0. The Labute approximate surface area is 125 Å². The zero-order valence-corrected chi connectivity index (χ0v) is 13.0. The van der Waals surface area contributed by atoms with Gasteiger partial charge >= 0.3 is 0 Å². The Morgan fingerprint density at radius 1 is 1.20 bits per heavy atom. The minimum absolute atomic E-state index is 0.444. The van der Waals surface area contributed by atoms with Crippen LogP contribution in [0.25, 0.3) is 0 Å². The summed E-state index contributed by atoms with van der Waals surface area (Å²) in [5.41, 5.74) is 9.05. The summed E-state index contributed by atoms with van der Waals surface area (Å²) in [5, 5.41) is 0. The summed E-state index contributed by atoms with van der Waals surface area (Å²) >= 11 is 5.00. The van der Waals surface area contributed by atoms with E-state index in [4.69, 9.17) is 22.4 Å². The van der Waals surface area contributed by atoms with Crippen molar-refractivity contribution in [3.05, 3.63) is 58.5 Å². The largest absolute Gasteiger partial charge is 0.465 e. The SMILES string of the molecule is Cc1ccc(CN(C)Cc2ccc(C(N)=S)cc2C)o1. The van der Waals surface area contributed by atoms with Crippen LogP contribution in [-0.2, 0) is 13.1 Å². The standard InChI is InChI=1S/C16H20N2OS/c1-11-8-13(16(17)20)5-6-14(11)9-18(3)10-15-7-4-12(2)19-15/h4-8H,9-10H2,1-3H3,(H2,17,20). The number of hydrogen-bond acceptors (Lipinski definition) is 3. The van der Waals surface area contributed by atoms with Gasteiger partial charge in [0.2, 0.25) is 0 Å². The molecular formula is C16H20N2OS. The predicted molar refractivity (Wildman–Crippen MR) is 85.7 cm³/mol. The highest BCUT2D eigenvalue weighted by molar-refractivity contribution is 7.80. The highest BCUT2D eigenvalue weighted by Crippen LogP contribution is 2.15. The first kappa shape index (κ1) is 14.8. The summed E-state index contributed by atoms with van der Waals surface area (Å²) in [6.45, 7) is 5.71. The second-order valence-corrected chi connectivity index (χ2v) is 5.63. The fourth-order valence-electron chi connectivity index (χ4n) is 2.21. The summed E-state index contributed by atoms with van der Waals surface area (Å²) in [7, 11) is 2.08. The van der Waals surface area contributed by atoms with Gasteiger partial charge in [-0.3, -0.25) is 4.90 Å². The van der Waals surface area contributed by atoms with E-state index in [-0.39, 0.29) is 0 Å². The van der Waals surface area contributed by atoms with Gasteiger partial charge in [0.15, 0.2) is 0 Å². The van der Waals surface area contributed by atoms with Crippen LogP contribution >= 0.6 is 12.2 Å². The zero-order valence-electron chi connectivity index (χ0n) is 12.1. The van der Waals surface area contributed by atoms with Crippen molar-refractivity contribution in [3.8, 4) is 0 Å². The third kappa shape index (κ3) is 3.68. The molecule has 0 aliphatic rings. The van der Waals surface area contributed by atoms with Gasteiger partial charge in [0, 0.05) is 12.1 Å². The van der Waals surface area contributed by atoms with Crippen molar-refractivity contribution in [2.45, 2.75) is 26.9 Å². The van der Waals surface area contributed by atoms with Crippen molar-refractivity contribution in [1.29, 1.82) is 0 Å². The second kappa shape index (κ2) is 6.20. The minimum atomic E-state index is 0.444. The number of rotatable bonds is 5. The molecule has 4 heteroatoms. The van der Waals surface area contributed by atoms with Crippen LogP contribution in [0.1, 0.15) is 28.2 Å². The molecule has 0 unspecified atom stereocenters. The second-order valence-electron chi connectivity index (χ2n) is 5.19. The lowest BCUT2D eigenvalue weighted by Gasteiger charge is -2.17. The van der Waals surface area contributed by atoms with E-state index in [0.717, 1.165) is 30.2 Å². The van der Waals surface area contributed by atoms with E-state index in [1.807, 2.05) is 31.2 Å². The van der Waals surface area contributed by atoms with Crippen LogP contribution in [-0.4, -0.2) is 16.9 Å². The molecule has 106 valence electrons. The van der Waals surface area contributed by atoms with Crippen LogP contribution in [0.5, 0.6) is 0 Å². The first-order valence-corrected chi connectivity index (χ1v) is 6.99. The first-order valence-electron chi connectivity index (χ1n) is 6.59. The Hall–Kier alpha value is -1.65. The molecule has 0 saturated carbocycles. The molecular weight excluding hydrogens is 268 g/mol. The van der Waals surface area contributed by atoms with Gasteiger partial charge in [-0.05, 0) is 50.2 Å². The van der Waals surface area contributed by atoms with Crippen LogP contribution in [0.2, 0.25) is 0 Å². The van der Waals surface area contributed by atoms with Gasteiger partial charge in [-0.15, -0.1) is 0 Å². The van der Waals surface area contributed by atoms with Crippen molar-refractivity contribution in [3.63, 3.8) is 0 Å². The van der Waals surface area contributed by atoms with Crippen molar-refractivity contribution < 1.29 is 4.42 Å². The molecule has 1 aromatic carbocycles. The molecule has 0 saturated heterocycles. The van der Waals surface area contributed by atoms with Crippen LogP contribution in [0.3, 0.4) is 0 Å². The van der Waals surface area contributed by atoms with Crippen molar-refractivity contribution >= 4 is 17.2 Å². The molecule has 2 aromatic rings. The van der Waals surface area contributed by atoms with E-state index in [0.29, 0.717) is 4.99 Å². The molecule has 0 radical (unpaired) electrons. The summed E-state index contributed by atoms with van der Waals surface area (Å²) < 4.78 is 5.60. The summed E-state index contributed by atoms with van der Waals surface area (Å²) in [4.78, 5) is 2.67. The molecule has 0 spiro atoms. The van der Waals surface area contributed by atoms with E-state index in [1.165, 1.54) is 11.1 Å². The summed E-state index contributed by atoms with van der Waals surface area (Å²) in [6, 6.07) is 10.1. The van der Waals surface area contributed by atoms with Crippen molar-refractivity contribution in [2.75, 3.05) is 7.05 Å². The molecule has 0 bridgehead atoms. The number of benzene rings is 1. The number of nitrogens with two attached hydrogens (primary N) is 1. The van der Waals surface area contributed by atoms with Crippen LogP contribution < -0.4 is 5.73 Å². The number of nitrogens with zero attached hydrogens (tertiary/aromatic N) is 1. The van der Waals surface area contributed by atoms with E-state index in [1.54, 1.807) is 0 Å². The van der Waals surface area contributed by atoms with Crippen molar-refractivity contribution in [1.82, 2.24) is 4.90 Å². The molecule has 20 heavy (non-hydrogen) atoms. The Kier molecular flexibility index (Phi) is 4.57. The predicted octanol–water partition coefficient (Wildman–Crippen LogP) is 3.16. The van der Waals surface area contributed by atoms with Gasteiger partial charge in [-0.1, -0.05) is 24.4 Å². The maximum Gasteiger partial charge on any atom is 0.118 e. The molecule has 2 rings (SSSR count). The van der Waals surface area contributed by atoms with Gasteiger partial charge in [0.1, 0.15) is 16.5 Å². The molecule has 3 nitrogen and oxygen atoms in total. The molecule has 0 atom stereocenters. The number of aryl methyl sites for hydroxylation is 2. The molecule has 0 aliphatic carbocycles. The molecule has 1 heterocycles. The normalized spacial score (nSPS) is 11.0.